The van der Waals surface area contributed by atoms with Crippen molar-refractivity contribution in [1.82, 2.24) is 10.2 Å². The van der Waals surface area contributed by atoms with Crippen LogP contribution < -0.4 is 0 Å². The van der Waals surface area contributed by atoms with Gasteiger partial charge in [0.25, 0.3) is 0 Å². The third-order valence-electron chi connectivity index (χ3n) is 1.73. The van der Waals surface area contributed by atoms with Crippen LogP contribution in [-0.4, -0.2) is 10.2 Å². The molecule has 66 valence electrons. The average molecular weight is 305 g/mol. The Kier molecular flexibility index (Phi) is 2.55. The van der Waals surface area contributed by atoms with Crippen LogP contribution in [0, 0.1) is 3.57 Å². The fourth-order valence-electron chi connectivity index (χ4n) is 1.09. The molecular weight excluding hydrogens is 298 g/mol. The van der Waals surface area contributed by atoms with Gasteiger partial charge in [-0.1, -0.05) is 23.7 Å². The monoisotopic (exact) mass is 304 g/mol. The summed E-state index contributed by atoms with van der Waals surface area (Å²) in [5, 5.41) is 7.64. The average Bonchev–Trinajstić information content (AvgIpc) is 2.53. The largest absolute Gasteiger partial charge is 0.277 e. The summed E-state index contributed by atoms with van der Waals surface area (Å²) in [7, 11) is 0. The van der Waals surface area contributed by atoms with Gasteiger partial charge >= 0.3 is 0 Å². The van der Waals surface area contributed by atoms with Crippen LogP contribution in [0.3, 0.4) is 0 Å². The van der Waals surface area contributed by atoms with Gasteiger partial charge in [0.1, 0.15) is 0 Å². The highest BCUT2D eigenvalue weighted by atomic mass is 127. The van der Waals surface area contributed by atoms with Gasteiger partial charge in [0.05, 0.1) is 15.5 Å². The molecule has 2 aromatic rings. The molecule has 0 radical (unpaired) electrons. The summed E-state index contributed by atoms with van der Waals surface area (Å²) in [6.45, 7) is 0. The van der Waals surface area contributed by atoms with Crippen LogP contribution >= 0.6 is 34.2 Å². The van der Waals surface area contributed by atoms with E-state index in [-0.39, 0.29) is 0 Å². The van der Waals surface area contributed by atoms with Gasteiger partial charge in [-0.2, -0.15) is 5.10 Å². The normalized spacial score (nSPS) is 10.3. The molecule has 0 fully saturated rings. The lowest BCUT2D eigenvalue weighted by Gasteiger charge is -1.97. The maximum Gasteiger partial charge on any atom is 0.0783 e. The highest BCUT2D eigenvalue weighted by Crippen LogP contribution is 2.23. The number of hydrogen-bond donors (Lipinski definition) is 1. The molecule has 1 aromatic carbocycles. The van der Waals surface area contributed by atoms with E-state index >= 15 is 0 Å². The zero-order valence-electron chi connectivity index (χ0n) is 6.59. The van der Waals surface area contributed by atoms with Crippen molar-refractivity contribution in [3.63, 3.8) is 0 Å². The van der Waals surface area contributed by atoms with Gasteiger partial charge < -0.3 is 0 Å². The molecule has 1 heterocycles. The molecule has 2 nitrogen and oxygen atoms in total. The van der Waals surface area contributed by atoms with Crippen LogP contribution in [0.15, 0.2) is 30.5 Å². The first-order valence-electron chi connectivity index (χ1n) is 3.72. The number of halogens is 2. The standard InChI is InChI=1S/C9H6ClIN2/c10-7-3-1-6(2-4-7)9-8(11)5-12-13-9/h1-5H,(H,12,13). The van der Waals surface area contributed by atoms with Crippen LogP contribution in [0.4, 0.5) is 0 Å². The third kappa shape index (κ3) is 1.86. The molecule has 1 aromatic heterocycles. The van der Waals surface area contributed by atoms with Gasteiger partial charge in [0, 0.05) is 10.6 Å². The molecule has 0 saturated heterocycles. The Morgan fingerprint density at radius 1 is 1.23 bits per heavy atom. The number of aromatic nitrogens is 2. The second-order valence-corrected chi connectivity index (χ2v) is 4.20. The predicted molar refractivity (Wildman–Crippen MR) is 61.8 cm³/mol. The van der Waals surface area contributed by atoms with Crippen molar-refractivity contribution < 1.29 is 0 Å². The Hall–Kier alpha value is -0.550. The second-order valence-electron chi connectivity index (χ2n) is 2.60. The number of H-pyrrole nitrogens is 1. The van der Waals surface area contributed by atoms with Gasteiger partial charge in [-0.25, -0.2) is 0 Å². The van der Waals surface area contributed by atoms with Crippen molar-refractivity contribution in [2.45, 2.75) is 0 Å². The van der Waals surface area contributed by atoms with E-state index in [2.05, 4.69) is 32.8 Å². The summed E-state index contributed by atoms with van der Waals surface area (Å²) in [5.74, 6) is 0. The van der Waals surface area contributed by atoms with Crippen molar-refractivity contribution in [2.24, 2.45) is 0 Å². The first kappa shape index (κ1) is 9.02. The second kappa shape index (κ2) is 3.67. The fourth-order valence-corrected chi connectivity index (χ4v) is 1.79. The molecule has 0 spiro atoms. The van der Waals surface area contributed by atoms with Gasteiger partial charge in [-0.15, -0.1) is 0 Å². The van der Waals surface area contributed by atoms with E-state index in [1.807, 2.05) is 24.3 Å². The maximum absolute atomic E-state index is 5.79. The van der Waals surface area contributed by atoms with Gasteiger partial charge in [-0.05, 0) is 34.7 Å². The molecule has 1 N–H and O–H groups in total. The number of nitrogens with one attached hydrogen (secondary N) is 1. The molecule has 0 amide bonds. The third-order valence-corrected chi connectivity index (χ3v) is 2.80. The van der Waals surface area contributed by atoms with E-state index in [9.17, 15) is 0 Å². The van der Waals surface area contributed by atoms with Crippen LogP contribution in [0.1, 0.15) is 0 Å². The van der Waals surface area contributed by atoms with Crippen molar-refractivity contribution in [2.75, 3.05) is 0 Å². The van der Waals surface area contributed by atoms with Crippen LogP contribution in [0.25, 0.3) is 11.3 Å². The molecule has 0 aliphatic carbocycles. The molecule has 0 unspecified atom stereocenters. The first-order valence-corrected chi connectivity index (χ1v) is 5.18. The Labute approximate surface area is 94.5 Å². The maximum atomic E-state index is 5.79. The number of rotatable bonds is 1. The number of nitrogens with zero attached hydrogens (tertiary/aromatic N) is 1. The summed E-state index contributed by atoms with van der Waals surface area (Å²) < 4.78 is 1.11. The quantitative estimate of drug-likeness (QED) is 0.804. The molecule has 13 heavy (non-hydrogen) atoms. The molecule has 2 rings (SSSR count). The topological polar surface area (TPSA) is 28.7 Å². The molecule has 0 aliphatic heterocycles. The van der Waals surface area contributed by atoms with Crippen molar-refractivity contribution >= 4 is 34.2 Å². The summed E-state index contributed by atoms with van der Waals surface area (Å²) in [5.41, 5.74) is 2.14. The Balaban J connectivity index is 2.47. The Bertz CT molecular complexity index is 408. The summed E-state index contributed by atoms with van der Waals surface area (Å²) in [6.07, 6.45) is 1.80. The molecule has 0 atom stereocenters. The molecule has 4 heteroatoms. The summed E-state index contributed by atoms with van der Waals surface area (Å²) in [4.78, 5) is 0. The van der Waals surface area contributed by atoms with E-state index in [0.717, 1.165) is 19.9 Å². The SMILES string of the molecule is Clc1ccc(-c2[nH]ncc2I)cc1. The van der Waals surface area contributed by atoms with E-state index < -0.39 is 0 Å². The van der Waals surface area contributed by atoms with Gasteiger partial charge in [-0.3, -0.25) is 5.10 Å². The number of aromatic amines is 1. The minimum absolute atomic E-state index is 0.748. The molecule has 0 bridgehead atoms. The zero-order chi connectivity index (χ0) is 9.26. The lowest BCUT2D eigenvalue weighted by Crippen LogP contribution is -1.79. The van der Waals surface area contributed by atoms with E-state index in [0.29, 0.717) is 0 Å². The van der Waals surface area contributed by atoms with Crippen molar-refractivity contribution in [1.29, 1.82) is 0 Å². The van der Waals surface area contributed by atoms with E-state index in [1.165, 1.54) is 0 Å². The first-order chi connectivity index (χ1) is 6.27. The Morgan fingerprint density at radius 2 is 1.92 bits per heavy atom. The minimum Gasteiger partial charge on any atom is -0.277 e. The summed E-state index contributed by atoms with van der Waals surface area (Å²) >= 11 is 8.03. The van der Waals surface area contributed by atoms with Crippen molar-refractivity contribution in [3.8, 4) is 11.3 Å². The van der Waals surface area contributed by atoms with Crippen LogP contribution in [0.2, 0.25) is 5.02 Å². The van der Waals surface area contributed by atoms with Crippen molar-refractivity contribution in [3.05, 3.63) is 39.1 Å². The molecule has 0 saturated carbocycles. The predicted octanol–water partition coefficient (Wildman–Crippen LogP) is 3.33. The number of benzene rings is 1. The minimum atomic E-state index is 0.748. The van der Waals surface area contributed by atoms with Crippen LogP contribution in [-0.2, 0) is 0 Å². The number of hydrogen-bond acceptors (Lipinski definition) is 1. The highest BCUT2D eigenvalue weighted by Gasteiger charge is 2.03. The highest BCUT2D eigenvalue weighted by molar-refractivity contribution is 14.1. The smallest absolute Gasteiger partial charge is 0.0783 e. The van der Waals surface area contributed by atoms with E-state index in [1.54, 1.807) is 6.20 Å². The molecular formula is C9H6ClIN2. The molecule has 0 aliphatic rings. The van der Waals surface area contributed by atoms with Gasteiger partial charge in [0.2, 0.25) is 0 Å². The Morgan fingerprint density at radius 3 is 2.46 bits per heavy atom. The van der Waals surface area contributed by atoms with E-state index in [4.69, 9.17) is 11.6 Å². The lowest BCUT2D eigenvalue weighted by atomic mass is 10.2. The lowest BCUT2D eigenvalue weighted by molar-refractivity contribution is 1.10. The van der Waals surface area contributed by atoms with Crippen LogP contribution in [0.5, 0.6) is 0 Å². The fraction of sp³-hybridized carbons (Fsp3) is 0. The zero-order valence-corrected chi connectivity index (χ0v) is 9.50. The summed E-state index contributed by atoms with van der Waals surface area (Å²) in [6, 6.07) is 7.68. The van der Waals surface area contributed by atoms with Gasteiger partial charge in [0.15, 0.2) is 0 Å².